The summed E-state index contributed by atoms with van der Waals surface area (Å²) >= 11 is 1.58. The highest BCUT2D eigenvalue weighted by atomic mass is 32.1. The average molecular weight is 345 g/mol. The quantitative estimate of drug-likeness (QED) is 0.758. The molecule has 0 saturated carbocycles. The molecule has 1 saturated heterocycles. The molecule has 1 aromatic heterocycles. The molecule has 0 radical (unpaired) electrons. The monoisotopic (exact) mass is 345 g/mol. The third-order valence-corrected chi connectivity index (χ3v) is 5.20. The second-order valence-electron chi connectivity index (χ2n) is 5.93. The van der Waals surface area contributed by atoms with E-state index in [2.05, 4.69) is 27.8 Å². The lowest BCUT2D eigenvalue weighted by atomic mass is 9.97. The van der Waals surface area contributed by atoms with Crippen LogP contribution in [0.25, 0.3) is 0 Å². The molecular weight excluding hydrogens is 322 g/mol. The van der Waals surface area contributed by atoms with Gasteiger partial charge in [0.15, 0.2) is 5.13 Å². The normalized spacial score (nSPS) is 15.3. The molecule has 1 aromatic carbocycles. The minimum absolute atomic E-state index is 0.0646. The highest BCUT2D eigenvalue weighted by molar-refractivity contribution is 7.15. The van der Waals surface area contributed by atoms with E-state index in [0.29, 0.717) is 17.7 Å². The van der Waals surface area contributed by atoms with Gasteiger partial charge in [-0.2, -0.15) is 0 Å². The van der Waals surface area contributed by atoms with Gasteiger partial charge >= 0.3 is 0 Å². The summed E-state index contributed by atoms with van der Waals surface area (Å²) in [5, 5.41) is 6.86. The summed E-state index contributed by atoms with van der Waals surface area (Å²) in [5.41, 5.74) is 1.21. The molecule has 0 spiro atoms. The van der Waals surface area contributed by atoms with Crippen LogP contribution in [0.4, 0.5) is 5.13 Å². The maximum Gasteiger partial charge on any atom is 0.252 e. The van der Waals surface area contributed by atoms with Gasteiger partial charge in [-0.25, -0.2) is 4.98 Å². The Bertz CT molecular complexity index is 639. The first-order valence-corrected chi connectivity index (χ1v) is 9.21. The molecule has 2 N–H and O–H groups in total. The van der Waals surface area contributed by atoms with Gasteiger partial charge in [0.1, 0.15) is 6.61 Å². The van der Waals surface area contributed by atoms with Gasteiger partial charge in [-0.05, 0) is 43.8 Å². The van der Waals surface area contributed by atoms with Crippen LogP contribution in [0.2, 0.25) is 0 Å². The maximum absolute atomic E-state index is 11.9. The summed E-state index contributed by atoms with van der Waals surface area (Å²) in [5.74, 6) is 0.422. The van der Waals surface area contributed by atoms with Crippen LogP contribution in [0.15, 0.2) is 36.5 Å². The Morgan fingerprint density at radius 3 is 2.88 bits per heavy atom. The second kappa shape index (κ2) is 8.92. The molecule has 2 heterocycles. The van der Waals surface area contributed by atoms with E-state index in [1.807, 2.05) is 24.4 Å². The Morgan fingerprint density at radius 2 is 2.08 bits per heavy atom. The Hall–Kier alpha value is -1.76. The van der Waals surface area contributed by atoms with Crippen molar-refractivity contribution >= 4 is 22.4 Å². The van der Waals surface area contributed by atoms with Crippen molar-refractivity contribution in [3.63, 3.8) is 0 Å². The molecule has 2 aromatic rings. The minimum Gasteiger partial charge on any atom is -0.371 e. The van der Waals surface area contributed by atoms with Gasteiger partial charge in [-0.15, -0.1) is 11.3 Å². The molecule has 0 atom stereocenters. The molecular formula is C18H23N3O2S. The zero-order valence-corrected chi connectivity index (χ0v) is 14.5. The van der Waals surface area contributed by atoms with Crippen LogP contribution in [-0.2, 0) is 16.0 Å². The summed E-state index contributed by atoms with van der Waals surface area (Å²) in [6.45, 7) is 2.71. The largest absolute Gasteiger partial charge is 0.371 e. The van der Waals surface area contributed by atoms with Crippen molar-refractivity contribution in [1.29, 1.82) is 0 Å². The number of piperidine rings is 1. The SMILES string of the molecule is O=C(COCCc1ccccc1)Nc1ncc(C2CCNCC2)s1. The fourth-order valence-electron chi connectivity index (χ4n) is 2.79. The van der Waals surface area contributed by atoms with E-state index in [9.17, 15) is 4.79 Å². The maximum atomic E-state index is 11.9. The van der Waals surface area contributed by atoms with Crippen molar-refractivity contribution in [1.82, 2.24) is 10.3 Å². The molecule has 0 bridgehead atoms. The Balaban J connectivity index is 1.38. The predicted molar refractivity (Wildman–Crippen MR) is 96.6 cm³/mol. The fraction of sp³-hybridized carbons (Fsp3) is 0.444. The van der Waals surface area contributed by atoms with Gasteiger partial charge in [0.2, 0.25) is 0 Å². The van der Waals surface area contributed by atoms with Crippen LogP contribution in [0.1, 0.15) is 29.2 Å². The molecule has 1 fully saturated rings. The summed E-state index contributed by atoms with van der Waals surface area (Å²) in [6, 6.07) is 10.1. The fourth-order valence-corrected chi connectivity index (χ4v) is 3.80. The van der Waals surface area contributed by atoms with E-state index in [-0.39, 0.29) is 12.5 Å². The number of nitrogens with zero attached hydrogens (tertiary/aromatic N) is 1. The summed E-state index contributed by atoms with van der Waals surface area (Å²) in [4.78, 5) is 17.5. The average Bonchev–Trinajstić information content (AvgIpc) is 3.09. The predicted octanol–water partition coefficient (Wildman–Crippen LogP) is 2.81. The lowest BCUT2D eigenvalue weighted by Crippen LogP contribution is -2.26. The van der Waals surface area contributed by atoms with Crippen molar-refractivity contribution in [3.8, 4) is 0 Å². The van der Waals surface area contributed by atoms with Gasteiger partial charge in [-0.1, -0.05) is 30.3 Å². The third-order valence-electron chi connectivity index (χ3n) is 4.12. The lowest BCUT2D eigenvalue weighted by molar-refractivity contribution is -0.120. The highest BCUT2D eigenvalue weighted by Gasteiger charge is 2.18. The van der Waals surface area contributed by atoms with Crippen LogP contribution in [-0.4, -0.2) is 37.2 Å². The number of aromatic nitrogens is 1. The van der Waals surface area contributed by atoms with E-state index in [0.717, 1.165) is 32.4 Å². The number of rotatable bonds is 7. The number of hydrogen-bond donors (Lipinski definition) is 2. The van der Waals surface area contributed by atoms with Gasteiger partial charge < -0.3 is 10.1 Å². The topological polar surface area (TPSA) is 63.2 Å². The molecule has 0 unspecified atom stereocenters. The number of ether oxygens (including phenoxy) is 1. The van der Waals surface area contributed by atoms with Gasteiger partial charge in [0.05, 0.1) is 6.61 Å². The van der Waals surface area contributed by atoms with Crippen LogP contribution in [0.3, 0.4) is 0 Å². The number of benzene rings is 1. The number of nitrogens with one attached hydrogen (secondary N) is 2. The number of amides is 1. The van der Waals surface area contributed by atoms with Crippen molar-refractivity contribution in [2.45, 2.75) is 25.2 Å². The van der Waals surface area contributed by atoms with Crippen LogP contribution >= 0.6 is 11.3 Å². The smallest absolute Gasteiger partial charge is 0.252 e. The van der Waals surface area contributed by atoms with Crippen molar-refractivity contribution < 1.29 is 9.53 Å². The zero-order valence-electron chi connectivity index (χ0n) is 13.7. The standard InChI is InChI=1S/C18H23N3O2S/c22-17(13-23-11-8-14-4-2-1-3-5-14)21-18-20-12-16(24-18)15-6-9-19-10-7-15/h1-5,12,15,19H,6-11,13H2,(H,20,21,22). The zero-order chi connectivity index (χ0) is 16.6. The summed E-state index contributed by atoms with van der Waals surface area (Å²) in [7, 11) is 0. The van der Waals surface area contributed by atoms with E-state index in [1.54, 1.807) is 11.3 Å². The van der Waals surface area contributed by atoms with Crippen LogP contribution in [0, 0.1) is 0 Å². The second-order valence-corrected chi connectivity index (χ2v) is 6.99. The molecule has 1 aliphatic heterocycles. The van der Waals surface area contributed by atoms with Crippen LogP contribution < -0.4 is 10.6 Å². The molecule has 0 aliphatic carbocycles. The number of hydrogen-bond acceptors (Lipinski definition) is 5. The first kappa shape index (κ1) is 17.1. The van der Waals surface area contributed by atoms with Crippen LogP contribution in [0.5, 0.6) is 0 Å². The molecule has 128 valence electrons. The van der Waals surface area contributed by atoms with Crippen molar-refractivity contribution in [2.24, 2.45) is 0 Å². The molecule has 1 aliphatic rings. The Kier molecular flexibility index (Phi) is 6.34. The van der Waals surface area contributed by atoms with E-state index < -0.39 is 0 Å². The Labute approximate surface area is 146 Å². The molecule has 24 heavy (non-hydrogen) atoms. The number of anilines is 1. The molecule has 3 rings (SSSR count). The van der Waals surface area contributed by atoms with Gasteiger partial charge in [0.25, 0.3) is 5.91 Å². The summed E-state index contributed by atoms with van der Waals surface area (Å²) < 4.78 is 5.45. The highest BCUT2D eigenvalue weighted by Crippen LogP contribution is 2.31. The first-order chi connectivity index (χ1) is 11.8. The van der Waals surface area contributed by atoms with Crippen molar-refractivity contribution in [3.05, 3.63) is 47.0 Å². The molecule has 5 nitrogen and oxygen atoms in total. The van der Waals surface area contributed by atoms with E-state index in [1.165, 1.54) is 10.4 Å². The van der Waals surface area contributed by atoms with E-state index >= 15 is 0 Å². The van der Waals surface area contributed by atoms with Crippen molar-refractivity contribution in [2.75, 3.05) is 31.6 Å². The van der Waals surface area contributed by atoms with E-state index in [4.69, 9.17) is 4.74 Å². The molecule has 6 heteroatoms. The molecule has 1 amide bonds. The minimum atomic E-state index is -0.144. The van der Waals surface area contributed by atoms with Gasteiger partial charge in [-0.3, -0.25) is 10.1 Å². The number of carbonyl (C=O) groups is 1. The van der Waals surface area contributed by atoms with Gasteiger partial charge in [0, 0.05) is 11.1 Å². The number of carbonyl (C=O) groups excluding carboxylic acids is 1. The third kappa shape index (κ3) is 5.12. The first-order valence-electron chi connectivity index (χ1n) is 8.39. The summed E-state index contributed by atoms with van der Waals surface area (Å²) in [6.07, 6.45) is 4.98. The lowest BCUT2D eigenvalue weighted by Gasteiger charge is -2.20. The Morgan fingerprint density at radius 1 is 1.29 bits per heavy atom. The number of thiazole rings is 1.